The summed E-state index contributed by atoms with van der Waals surface area (Å²) in [5, 5.41) is 3.51. The van der Waals surface area contributed by atoms with E-state index in [9.17, 15) is 0 Å². The summed E-state index contributed by atoms with van der Waals surface area (Å²) in [6, 6.07) is 6.97. The monoisotopic (exact) mass is 245 g/mol. The van der Waals surface area contributed by atoms with Crippen LogP contribution in [-0.2, 0) is 17.6 Å². The molecule has 2 aliphatic heterocycles. The lowest BCUT2D eigenvalue weighted by molar-refractivity contribution is 0.102. The lowest BCUT2D eigenvalue weighted by atomic mass is 9.98. The van der Waals surface area contributed by atoms with Crippen molar-refractivity contribution in [3.63, 3.8) is 0 Å². The van der Waals surface area contributed by atoms with E-state index in [1.807, 2.05) is 0 Å². The molecule has 1 saturated heterocycles. The molecule has 1 aromatic rings. The van der Waals surface area contributed by atoms with Crippen molar-refractivity contribution in [1.29, 1.82) is 0 Å². The highest BCUT2D eigenvalue weighted by Crippen LogP contribution is 2.24. The average molecular weight is 245 g/mol. The summed E-state index contributed by atoms with van der Waals surface area (Å²) in [6.07, 6.45) is 9.24. The van der Waals surface area contributed by atoms with Gasteiger partial charge in [-0.15, -0.1) is 0 Å². The second-order valence-electron chi connectivity index (χ2n) is 5.55. The zero-order valence-electron chi connectivity index (χ0n) is 11.1. The van der Waals surface area contributed by atoms with Crippen molar-refractivity contribution in [2.75, 3.05) is 18.5 Å². The molecule has 1 atom stereocenters. The molecule has 0 amide bonds. The molecule has 18 heavy (non-hydrogen) atoms. The van der Waals surface area contributed by atoms with Crippen LogP contribution in [0.3, 0.4) is 0 Å². The second-order valence-corrected chi connectivity index (χ2v) is 5.55. The number of hydrogen-bond donors (Lipinski definition) is 1. The molecular formula is C16H23NO. The fourth-order valence-electron chi connectivity index (χ4n) is 3.07. The minimum absolute atomic E-state index is 0.542. The lowest BCUT2D eigenvalue weighted by Crippen LogP contribution is -2.12. The highest BCUT2D eigenvalue weighted by Gasteiger charge is 2.15. The fourth-order valence-corrected chi connectivity index (χ4v) is 3.07. The van der Waals surface area contributed by atoms with E-state index >= 15 is 0 Å². The second kappa shape index (κ2) is 5.75. The number of anilines is 1. The third-order valence-corrected chi connectivity index (χ3v) is 4.13. The van der Waals surface area contributed by atoms with Gasteiger partial charge in [-0.05, 0) is 62.1 Å². The zero-order chi connectivity index (χ0) is 12.2. The maximum absolute atomic E-state index is 5.67. The maximum Gasteiger partial charge on any atom is 0.0576 e. The molecule has 0 saturated carbocycles. The molecule has 1 unspecified atom stereocenters. The number of nitrogens with one attached hydrogen (secondary N) is 1. The van der Waals surface area contributed by atoms with Gasteiger partial charge in [-0.25, -0.2) is 0 Å². The normalized spacial score (nSPS) is 22.6. The Bertz CT molecular complexity index is 396. The van der Waals surface area contributed by atoms with Gasteiger partial charge < -0.3 is 10.1 Å². The fraction of sp³-hybridized carbons (Fsp3) is 0.625. The Hall–Kier alpha value is -1.02. The van der Waals surface area contributed by atoms with Crippen LogP contribution in [-0.4, -0.2) is 19.3 Å². The lowest BCUT2D eigenvalue weighted by Gasteiger charge is -2.18. The van der Waals surface area contributed by atoms with E-state index in [4.69, 9.17) is 4.74 Å². The molecule has 0 radical (unpaired) electrons. The molecule has 0 aliphatic carbocycles. The van der Waals surface area contributed by atoms with Gasteiger partial charge in [-0.3, -0.25) is 0 Å². The molecule has 2 aliphatic rings. The minimum atomic E-state index is 0.542. The van der Waals surface area contributed by atoms with Gasteiger partial charge in [-0.2, -0.15) is 0 Å². The Labute approximate surface area is 110 Å². The number of rotatable bonds is 4. The number of aryl methyl sites for hydroxylation is 2. The van der Waals surface area contributed by atoms with E-state index in [0.29, 0.717) is 6.10 Å². The summed E-state index contributed by atoms with van der Waals surface area (Å²) in [5.41, 5.74) is 4.33. The molecule has 1 aromatic carbocycles. The summed E-state index contributed by atoms with van der Waals surface area (Å²) < 4.78 is 5.67. The Morgan fingerprint density at radius 1 is 1.28 bits per heavy atom. The Balaban J connectivity index is 1.52. The van der Waals surface area contributed by atoms with Crippen molar-refractivity contribution in [1.82, 2.24) is 0 Å². The molecule has 98 valence electrons. The van der Waals surface area contributed by atoms with E-state index in [1.54, 1.807) is 0 Å². The molecule has 2 heteroatoms. The van der Waals surface area contributed by atoms with E-state index in [0.717, 1.165) is 13.2 Å². The Morgan fingerprint density at radius 2 is 2.28 bits per heavy atom. The first-order valence-electron chi connectivity index (χ1n) is 7.39. The van der Waals surface area contributed by atoms with Crippen molar-refractivity contribution in [2.24, 2.45) is 0 Å². The van der Waals surface area contributed by atoms with Crippen LogP contribution < -0.4 is 5.32 Å². The first-order valence-corrected chi connectivity index (χ1v) is 7.39. The van der Waals surface area contributed by atoms with Gasteiger partial charge in [0.25, 0.3) is 0 Å². The van der Waals surface area contributed by atoms with Crippen molar-refractivity contribution in [3.8, 4) is 0 Å². The number of ether oxygens (including phenoxy) is 1. The number of benzene rings is 1. The van der Waals surface area contributed by atoms with E-state index < -0.39 is 0 Å². The van der Waals surface area contributed by atoms with Crippen LogP contribution in [0.1, 0.15) is 43.2 Å². The smallest absolute Gasteiger partial charge is 0.0576 e. The summed E-state index contributed by atoms with van der Waals surface area (Å²) in [6.45, 7) is 2.11. The van der Waals surface area contributed by atoms with Crippen LogP contribution in [0.5, 0.6) is 0 Å². The van der Waals surface area contributed by atoms with Crippen molar-refractivity contribution >= 4 is 5.69 Å². The first-order chi connectivity index (χ1) is 8.92. The minimum Gasteiger partial charge on any atom is -0.385 e. The van der Waals surface area contributed by atoms with Crippen molar-refractivity contribution in [3.05, 3.63) is 29.3 Å². The molecule has 2 heterocycles. The largest absolute Gasteiger partial charge is 0.385 e. The van der Waals surface area contributed by atoms with Gasteiger partial charge in [0, 0.05) is 18.8 Å². The third kappa shape index (κ3) is 2.86. The zero-order valence-corrected chi connectivity index (χ0v) is 11.1. The molecule has 2 nitrogen and oxygen atoms in total. The van der Waals surface area contributed by atoms with Crippen LogP contribution in [0.4, 0.5) is 5.69 Å². The van der Waals surface area contributed by atoms with Crippen LogP contribution >= 0.6 is 0 Å². The molecule has 0 aromatic heterocycles. The van der Waals surface area contributed by atoms with Gasteiger partial charge >= 0.3 is 0 Å². The van der Waals surface area contributed by atoms with Gasteiger partial charge in [-0.1, -0.05) is 12.1 Å². The molecule has 3 rings (SSSR count). The summed E-state index contributed by atoms with van der Waals surface area (Å²) in [7, 11) is 0. The predicted molar refractivity (Wildman–Crippen MR) is 75.2 cm³/mol. The molecule has 1 N–H and O–H groups in total. The Kier molecular flexibility index (Phi) is 3.84. The van der Waals surface area contributed by atoms with Crippen molar-refractivity contribution in [2.45, 2.75) is 51.0 Å². The molecule has 0 spiro atoms. The third-order valence-electron chi connectivity index (χ3n) is 4.13. The highest BCUT2D eigenvalue weighted by molar-refractivity contribution is 5.54. The van der Waals surface area contributed by atoms with Crippen molar-refractivity contribution < 1.29 is 4.74 Å². The summed E-state index contributed by atoms with van der Waals surface area (Å²) >= 11 is 0. The standard InChI is InChI=1S/C16H23NO/c1(6-15-7-3-11-18-15)4-13-8-9-14-5-2-10-17-16(14)12-13/h8-9,12,15,17H,1-7,10-11H2. The molecule has 0 bridgehead atoms. The van der Waals surface area contributed by atoms with Crippen LogP contribution in [0, 0.1) is 0 Å². The predicted octanol–water partition coefficient (Wildman–Crippen LogP) is 3.55. The van der Waals surface area contributed by atoms with Crippen LogP contribution in [0.2, 0.25) is 0 Å². The topological polar surface area (TPSA) is 21.3 Å². The van der Waals surface area contributed by atoms with Gasteiger partial charge in [0.15, 0.2) is 0 Å². The average Bonchev–Trinajstić information content (AvgIpc) is 2.92. The quantitative estimate of drug-likeness (QED) is 0.876. The first kappa shape index (κ1) is 12.0. The maximum atomic E-state index is 5.67. The van der Waals surface area contributed by atoms with Gasteiger partial charge in [0.05, 0.1) is 6.10 Å². The summed E-state index contributed by atoms with van der Waals surface area (Å²) in [5.74, 6) is 0. The number of hydrogen-bond acceptors (Lipinski definition) is 2. The number of fused-ring (bicyclic) bond motifs is 1. The van der Waals surface area contributed by atoms with E-state index in [2.05, 4.69) is 23.5 Å². The Morgan fingerprint density at radius 3 is 3.17 bits per heavy atom. The van der Waals surface area contributed by atoms with Crippen LogP contribution in [0.25, 0.3) is 0 Å². The van der Waals surface area contributed by atoms with Crippen LogP contribution in [0.15, 0.2) is 18.2 Å². The van der Waals surface area contributed by atoms with Gasteiger partial charge in [0.1, 0.15) is 0 Å². The SMILES string of the molecule is c1cc2c(cc1CCCC1CCCO1)NCCC2. The van der Waals surface area contributed by atoms with Gasteiger partial charge in [0.2, 0.25) is 0 Å². The molecular weight excluding hydrogens is 222 g/mol. The van der Waals surface area contributed by atoms with E-state index in [1.165, 1.54) is 61.8 Å². The summed E-state index contributed by atoms with van der Waals surface area (Å²) in [4.78, 5) is 0. The highest BCUT2D eigenvalue weighted by atomic mass is 16.5. The molecule has 1 fully saturated rings. The van der Waals surface area contributed by atoms with E-state index in [-0.39, 0.29) is 0 Å².